The molecule has 3 aromatic rings. The first-order valence-corrected chi connectivity index (χ1v) is 10.2. The summed E-state index contributed by atoms with van der Waals surface area (Å²) >= 11 is 1.53. The molecule has 1 aliphatic heterocycles. The maximum atomic E-state index is 12.8. The number of pyridine rings is 1. The molecular formula is C16H16N4O3S2. The zero-order chi connectivity index (χ0) is 17.3. The summed E-state index contributed by atoms with van der Waals surface area (Å²) in [6.07, 6.45) is 4.51. The molecule has 0 radical (unpaired) electrons. The van der Waals surface area contributed by atoms with Crippen molar-refractivity contribution in [2.24, 2.45) is 0 Å². The molecule has 1 saturated heterocycles. The fraction of sp³-hybridized carbons (Fsp3) is 0.312. The largest absolute Gasteiger partial charge is 0.420 e. The Labute approximate surface area is 149 Å². The molecule has 0 aromatic carbocycles. The van der Waals surface area contributed by atoms with Crippen molar-refractivity contribution in [1.82, 2.24) is 19.5 Å². The zero-order valence-corrected chi connectivity index (χ0v) is 14.9. The van der Waals surface area contributed by atoms with Crippen LogP contribution in [0.3, 0.4) is 0 Å². The van der Waals surface area contributed by atoms with E-state index in [1.807, 2.05) is 17.5 Å². The third-order valence-corrected chi connectivity index (χ3v) is 6.88. The van der Waals surface area contributed by atoms with Gasteiger partial charge in [-0.25, -0.2) is 8.42 Å². The second-order valence-electron chi connectivity index (χ2n) is 5.81. The van der Waals surface area contributed by atoms with Crippen molar-refractivity contribution < 1.29 is 12.8 Å². The second kappa shape index (κ2) is 6.66. The highest BCUT2D eigenvalue weighted by molar-refractivity contribution is 7.89. The first kappa shape index (κ1) is 16.4. The van der Waals surface area contributed by atoms with E-state index >= 15 is 0 Å². The van der Waals surface area contributed by atoms with Crippen molar-refractivity contribution in [3.63, 3.8) is 0 Å². The van der Waals surface area contributed by atoms with Crippen LogP contribution in [0.4, 0.5) is 0 Å². The third-order valence-electron chi connectivity index (χ3n) is 4.18. The first-order chi connectivity index (χ1) is 12.1. The molecule has 7 nitrogen and oxygen atoms in total. The highest BCUT2D eigenvalue weighted by atomic mass is 32.2. The summed E-state index contributed by atoms with van der Waals surface area (Å²) in [4.78, 5) is 5.03. The van der Waals surface area contributed by atoms with Crippen LogP contribution in [0.1, 0.15) is 24.7 Å². The Bertz CT molecular complexity index is 939. The van der Waals surface area contributed by atoms with Crippen LogP contribution in [0, 0.1) is 0 Å². The van der Waals surface area contributed by atoms with Gasteiger partial charge in [0.05, 0.1) is 10.8 Å². The molecule has 0 aliphatic carbocycles. The molecule has 130 valence electrons. The number of rotatable bonds is 4. The minimum Gasteiger partial charge on any atom is -0.420 e. The van der Waals surface area contributed by atoms with Crippen molar-refractivity contribution in [1.29, 1.82) is 0 Å². The number of sulfonamides is 1. The van der Waals surface area contributed by atoms with Gasteiger partial charge < -0.3 is 4.42 Å². The highest BCUT2D eigenvalue weighted by Crippen LogP contribution is 2.31. The summed E-state index contributed by atoms with van der Waals surface area (Å²) in [7, 11) is -3.56. The maximum Gasteiger partial charge on any atom is 0.257 e. The van der Waals surface area contributed by atoms with E-state index < -0.39 is 10.0 Å². The molecular weight excluding hydrogens is 360 g/mol. The predicted octanol–water partition coefficient (Wildman–Crippen LogP) is 2.76. The van der Waals surface area contributed by atoms with Gasteiger partial charge in [-0.1, -0.05) is 6.07 Å². The van der Waals surface area contributed by atoms with E-state index in [2.05, 4.69) is 15.2 Å². The van der Waals surface area contributed by atoms with Crippen LogP contribution in [0.15, 0.2) is 51.4 Å². The minimum atomic E-state index is -3.56. The van der Waals surface area contributed by atoms with Gasteiger partial charge in [0.15, 0.2) is 0 Å². The molecule has 4 heterocycles. The van der Waals surface area contributed by atoms with Crippen LogP contribution in [-0.4, -0.2) is 41.0 Å². The molecule has 1 fully saturated rings. The van der Waals surface area contributed by atoms with Crippen molar-refractivity contribution in [3.05, 3.63) is 47.9 Å². The lowest BCUT2D eigenvalue weighted by Gasteiger charge is -2.30. The molecule has 25 heavy (non-hydrogen) atoms. The first-order valence-electron chi connectivity index (χ1n) is 7.92. The molecule has 0 amide bonds. The summed E-state index contributed by atoms with van der Waals surface area (Å²) in [6.45, 7) is 0.822. The Balaban J connectivity index is 1.55. The van der Waals surface area contributed by atoms with Gasteiger partial charge in [-0.15, -0.1) is 21.5 Å². The monoisotopic (exact) mass is 376 g/mol. The number of hydrogen-bond donors (Lipinski definition) is 0. The summed E-state index contributed by atoms with van der Waals surface area (Å²) in [5.74, 6) is 0.883. The van der Waals surface area contributed by atoms with Gasteiger partial charge in [-0.2, -0.15) is 4.31 Å². The van der Waals surface area contributed by atoms with Crippen molar-refractivity contribution in [2.75, 3.05) is 13.1 Å². The van der Waals surface area contributed by atoms with Crippen molar-refractivity contribution >= 4 is 21.4 Å². The lowest BCUT2D eigenvalue weighted by Crippen LogP contribution is -2.39. The van der Waals surface area contributed by atoms with Crippen LogP contribution < -0.4 is 0 Å². The second-order valence-corrected chi connectivity index (χ2v) is 8.70. The molecule has 1 unspecified atom stereocenters. The molecule has 1 aliphatic rings. The van der Waals surface area contributed by atoms with Crippen molar-refractivity contribution in [2.45, 2.75) is 23.7 Å². The Morgan fingerprint density at radius 2 is 2.16 bits per heavy atom. The van der Waals surface area contributed by atoms with Crippen LogP contribution in [-0.2, 0) is 10.0 Å². The normalized spacial score (nSPS) is 19.1. The van der Waals surface area contributed by atoms with E-state index in [0.717, 1.165) is 17.7 Å². The lowest BCUT2D eigenvalue weighted by molar-refractivity contribution is 0.286. The van der Waals surface area contributed by atoms with Crippen LogP contribution in [0.25, 0.3) is 10.8 Å². The minimum absolute atomic E-state index is 0.0959. The van der Waals surface area contributed by atoms with E-state index in [9.17, 15) is 8.42 Å². The number of aromatic nitrogens is 3. The van der Waals surface area contributed by atoms with Crippen LogP contribution in [0.5, 0.6) is 0 Å². The smallest absolute Gasteiger partial charge is 0.257 e. The molecule has 9 heteroatoms. The molecule has 0 saturated carbocycles. The molecule has 4 rings (SSSR count). The van der Waals surface area contributed by atoms with Gasteiger partial charge in [0.25, 0.3) is 5.89 Å². The predicted molar refractivity (Wildman–Crippen MR) is 92.6 cm³/mol. The van der Waals surface area contributed by atoms with Gasteiger partial charge >= 0.3 is 0 Å². The number of thiophene rings is 1. The Morgan fingerprint density at radius 3 is 2.92 bits per heavy atom. The summed E-state index contributed by atoms with van der Waals surface area (Å²) in [5.41, 5.74) is 0. The maximum absolute atomic E-state index is 12.8. The van der Waals surface area contributed by atoms with E-state index in [0.29, 0.717) is 24.9 Å². The Morgan fingerprint density at radius 1 is 1.24 bits per heavy atom. The third kappa shape index (κ3) is 3.22. The Hall–Kier alpha value is -2.10. The van der Waals surface area contributed by atoms with Crippen LogP contribution >= 0.6 is 11.3 Å². The molecule has 0 spiro atoms. The fourth-order valence-electron chi connectivity index (χ4n) is 2.91. The van der Waals surface area contributed by atoms with E-state index in [-0.39, 0.29) is 10.8 Å². The number of piperidine rings is 1. The van der Waals surface area contributed by atoms with E-state index in [1.165, 1.54) is 21.8 Å². The molecule has 0 bridgehead atoms. The standard InChI is InChI=1S/C16H16N4O3S2/c21-25(22,13-5-1-7-17-10-13)20-8-2-4-12(11-20)15-18-19-16(23-15)14-6-3-9-24-14/h1,3,5-7,9-10,12H,2,4,8,11H2. The van der Waals surface area contributed by atoms with Gasteiger partial charge in [0, 0.05) is 25.5 Å². The van der Waals surface area contributed by atoms with Gasteiger partial charge in [0.2, 0.25) is 15.9 Å². The summed E-state index contributed by atoms with van der Waals surface area (Å²) < 4.78 is 32.8. The molecule has 3 aromatic heterocycles. The van der Waals surface area contributed by atoms with E-state index in [1.54, 1.807) is 18.3 Å². The molecule has 1 atom stereocenters. The molecule has 0 N–H and O–H groups in total. The zero-order valence-electron chi connectivity index (χ0n) is 13.3. The van der Waals surface area contributed by atoms with Gasteiger partial charge in [-0.3, -0.25) is 4.98 Å². The van der Waals surface area contributed by atoms with Gasteiger partial charge in [0.1, 0.15) is 4.90 Å². The van der Waals surface area contributed by atoms with Gasteiger partial charge in [-0.05, 0) is 36.4 Å². The number of nitrogens with zero attached hydrogens (tertiary/aromatic N) is 4. The fourth-order valence-corrected chi connectivity index (χ4v) is 5.04. The lowest BCUT2D eigenvalue weighted by atomic mass is 10.00. The highest BCUT2D eigenvalue weighted by Gasteiger charge is 2.33. The summed E-state index contributed by atoms with van der Waals surface area (Å²) in [6, 6.07) is 7.03. The Kier molecular flexibility index (Phi) is 4.36. The van der Waals surface area contributed by atoms with E-state index in [4.69, 9.17) is 4.42 Å². The average molecular weight is 376 g/mol. The SMILES string of the molecule is O=S(=O)(c1cccnc1)N1CCCC(c2nnc(-c3cccs3)o2)C1. The van der Waals surface area contributed by atoms with Crippen molar-refractivity contribution in [3.8, 4) is 10.8 Å². The quantitative estimate of drug-likeness (QED) is 0.695. The average Bonchev–Trinajstić information content (AvgIpc) is 3.34. The topological polar surface area (TPSA) is 89.2 Å². The number of hydrogen-bond acceptors (Lipinski definition) is 7. The summed E-state index contributed by atoms with van der Waals surface area (Å²) in [5, 5.41) is 10.2. The van der Waals surface area contributed by atoms with Crippen LogP contribution in [0.2, 0.25) is 0 Å².